The summed E-state index contributed by atoms with van der Waals surface area (Å²) in [5, 5.41) is 6.10. The van der Waals surface area contributed by atoms with Crippen LogP contribution in [0.15, 0.2) is 77.5 Å². The second-order valence-electron chi connectivity index (χ2n) is 6.92. The van der Waals surface area contributed by atoms with Crippen LogP contribution in [0, 0.1) is 18.6 Å². The van der Waals surface area contributed by atoms with E-state index in [1.165, 1.54) is 12.1 Å². The van der Waals surface area contributed by atoms with Crippen molar-refractivity contribution in [3.63, 3.8) is 0 Å². The lowest BCUT2D eigenvalue weighted by atomic mass is 10.2. The number of hydrogen-bond donors (Lipinski definition) is 1. The summed E-state index contributed by atoms with van der Waals surface area (Å²) in [6, 6.07) is 13.0. The van der Waals surface area contributed by atoms with Crippen LogP contribution in [-0.4, -0.2) is 34.7 Å². The monoisotopic (exact) mass is 479 g/mol. The molecule has 0 fully saturated rings. The molecular weight excluding hydrogens is 456 g/mol. The summed E-state index contributed by atoms with van der Waals surface area (Å²) in [5.41, 5.74) is 2.31. The van der Waals surface area contributed by atoms with Crippen LogP contribution in [0.5, 0.6) is 5.75 Å². The van der Waals surface area contributed by atoms with Gasteiger partial charge in [-0.15, -0.1) is 11.8 Å². The lowest BCUT2D eigenvalue weighted by Crippen LogP contribution is -2.03. The Morgan fingerprint density at radius 3 is 2.56 bits per heavy atom. The van der Waals surface area contributed by atoms with E-state index in [0.29, 0.717) is 17.3 Å². The van der Waals surface area contributed by atoms with Gasteiger partial charge in [0.15, 0.2) is 5.82 Å². The summed E-state index contributed by atoms with van der Waals surface area (Å²) in [5.74, 6) is 1.73. The molecule has 0 radical (unpaired) electrons. The summed E-state index contributed by atoms with van der Waals surface area (Å²) >= 11 is 1.56. The molecule has 0 saturated carbocycles. The van der Waals surface area contributed by atoms with Gasteiger partial charge in [-0.25, -0.2) is 18.7 Å². The van der Waals surface area contributed by atoms with Gasteiger partial charge in [0.1, 0.15) is 23.2 Å². The summed E-state index contributed by atoms with van der Waals surface area (Å²) < 4.78 is 29.7. The minimum atomic E-state index is -0.521. The number of methoxy groups -OCH3 is 1. The average Bonchev–Trinajstić information content (AvgIpc) is 2.83. The van der Waals surface area contributed by atoms with Gasteiger partial charge in [-0.05, 0) is 67.1 Å². The van der Waals surface area contributed by atoms with E-state index in [1.54, 1.807) is 44.4 Å². The van der Waals surface area contributed by atoms with Crippen LogP contribution in [0.4, 0.5) is 14.6 Å². The largest absolute Gasteiger partial charge is 0.497 e. The maximum atomic E-state index is 12.2. The van der Waals surface area contributed by atoms with E-state index in [9.17, 15) is 8.78 Å². The first-order valence-electron chi connectivity index (χ1n) is 10.2. The third-order valence-corrected chi connectivity index (χ3v) is 5.04. The number of halogens is 2. The number of ether oxygens (including phenoxy) is 1. The Labute approximate surface area is 200 Å². The van der Waals surface area contributed by atoms with Gasteiger partial charge in [0.05, 0.1) is 18.5 Å². The van der Waals surface area contributed by atoms with Gasteiger partial charge in [0, 0.05) is 35.6 Å². The van der Waals surface area contributed by atoms with Crippen LogP contribution < -0.4 is 10.1 Å². The van der Waals surface area contributed by atoms with Crippen LogP contribution in [0.2, 0.25) is 0 Å². The number of rotatable bonds is 7. The van der Waals surface area contributed by atoms with Crippen LogP contribution in [0.3, 0.4) is 0 Å². The summed E-state index contributed by atoms with van der Waals surface area (Å²) in [6.45, 7) is 5.06. The van der Waals surface area contributed by atoms with Crippen molar-refractivity contribution < 1.29 is 13.5 Å². The molecule has 0 bridgehead atoms. The molecule has 0 saturated heterocycles. The minimum Gasteiger partial charge on any atom is -0.497 e. The molecule has 2 aromatic heterocycles. The molecule has 174 valence electrons. The molecule has 0 spiro atoms. The first-order chi connectivity index (χ1) is 16.5. The summed E-state index contributed by atoms with van der Waals surface area (Å²) in [4.78, 5) is 17.1. The number of nitrogens with one attached hydrogen (secondary N) is 1. The van der Waals surface area contributed by atoms with Crippen molar-refractivity contribution >= 4 is 35.2 Å². The number of nitrogens with zero attached hydrogens (tertiary/aromatic N) is 4. The van der Waals surface area contributed by atoms with Crippen molar-refractivity contribution in [1.82, 2.24) is 15.0 Å². The van der Waals surface area contributed by atoms with Gasteiger partial charge in [-0.2, -0.15) is 0 Å². The van der Waals surface area contributed by atoms with Gasteiger partial charge in [0.25, 0.3) is 0 Å². The molecule has 0 atom stereocenters. The molecule has 2 heterocycles. The molecule has 34 heavy (non-hydrogen) atoms. The fourth-order valence-electron chi connectivity index (χ4n) is 2.93. The van der Waals surface area contributed by atoms with Crippen molar-refractivity contribution in [2.24, 2.45) is 4.99 Å². The van der Waals surface area contributed by atoms with Gasteiger partial charge in [-0.1, -0.05) is 0 Å². The fraction of sp³-hybridized carbons (Fsp3) is 0.120. The Hall–Kier alpha value is -3.85. The molecule has 4 rings (SSSR count). The predicted molar refractivity (Wildman–Crippen MR) is 135 cm³/mol. The van der Waals surface area contributed by atoms with Gasteiger partial charge < -0.3 is 10.1 Å². The number of anilines is 1. The Kier molecular flexibility index (Phi) is 9.04. The highest BCUT2D eigenvalue weighted by Gasteiger charge is 2.10. The molecule has 9 heteroatoms. The third kappa shape index (κ3) is 7.08. The number of hydrogen-bond acceptors (Lipinski definition) is 7. The zero-order chi connectivity index (χ0) is 24.3. The van der Waals surface area contributed by atoms with Crippen LogP contribution >= 0.6 is 11.8 Å². The highest BCUT2D eigenvalue weighted by Crippen LogP contribution is 2.28. The average molecular weight is 480 g/mol. The van der Waals surface area contributed by atoms with Gasteiger partial charge >= 0.3 is 0 Å². The normalized spacial score (nSPS) is 10.6. The zero-order valence-electron chi connectivity index (χ0n) is 18.7. The molecular formula is C25H23F2N5OS. The van der Waals surface area contributed by atoms with Crippen LogP contribution in [0.25, 0.3) is 22.3 Å². The standard InChI is InChI=1S/C18H17N5OS.C7H6F2/c1-19-8-9-25-12-21-18-15-10-14(24-2)5-6-16(15)22-17(23-18)13-4-3-7-20-11-13;1-5-2-6(8)4-7(9)3-5/h3-11H,1,12H2,2H3,(H,21,22,23);2-4H,1H3/b9-8-;. The highest BCUT2D eigenvalue weighted by molar-refractivity contribution is 8.02. The molecule has 0 aliphatic carbocycles. The quantitative estimate of drug-likeness (QED) is 0.192. The Balaban J connectivity index is 0.000000302. The van der Waals surface area contributed by atoms with Crippen molar-refractivity contribution in [1.29, 1.82) is 0 Å². The third-order valence-electron chi connectivity index (χ3n) is 4.41. The summed E-state index contributed by atoms with van der Waals surface area (Å²) in [7, 11) is 1.64. The number of thioether (sulfide) groups is 1. The van der Waals surface area contributed by atoms with Gasteiger partial charge in [-0.3, -0.25) is 9.98 Å². The predicted octanol–water partition coefficient (Wildman–Crippen LogP) is 6.25. The van der Waals surface area contributed by atoms with E-state index in [0.717, 1.165) is 34.1 Å². The van der Waals surface area contributed by atoms with Crippen molar-refractivity contribution in [2.75, 3.05) is 18.3 Å². The van der Waals surface area contributed by atoms with Gasteiger partial charge in [0.2, 0.25) is 0 Å². The molecule has 6 nitrogen and oxygen atoms in total. The fourth-order valence-corrected chi connectivity index (χ4v) is 3.42. The maximum absolute atomic E-state index is 12.2. The number of pyridine rings is 1. The lowest BCUT2D eigenvalue weighted by Gasteiger charge is -2.11. The van der Waals surface area contributed by atoms with E-state index in [2.05, 4.69) is 32.0 Å². The number of fused-ring (bicyclic) bond motifs is 1. The zero-order valence-corrected chi connectivity index (χ0v) is 19.5. The smallest absolute Gasteiger partial charge is 0.163 e. The van der Waals surface area contributed by atoms with Crippen molar-refractivity contribution in [2.45, 2.75) is 6.92 Å². The maximum Gasteiger partial charge on any atom is 0.163 e. The molecule has 1 N–H and O–H groups in total. The van der Waals surface area contributed by atoms with E-state index in [1.807, 2.05) is 35.7 Å². The lowest BCUT2D eigenvalue weighted by molar-refractivity contribution is 0.415. The van der Waals surface area contributed by atoms with Crippen LogP contribution in [0.1, 0.15) is 5.56 Å². The number of aryl methyl sites for hydroxylation is 1. The Bertz CT molecular complexity index is 1230. The first kappa shape index (κ1) is 24.8. The highest BCUT2D eigenvalue weighted by atomic mass is 32.2. The number of aromatic nitrogens is 3. The molecule has 0 aliphatic rings. The molecule has 2 aromatic carbocycles. The second-order valence-corrected chi connectivity index (χ2v) is 7.82. The topological polar surface area (TPSA) is 72.3 Å². The van der Waals surface area contributed by atoms with E-state index < -0.39 is 11.6 Å². The van der Waals surface area contributed by atoms with E-state index >= 15 is 0 Å². The second kappa shape index (κ2) is 12.4. The first-order valence-corrected chi connectivity index (χ1v) is 11.2. The molecule has 0 unspecified atom stereocenters. The number of benzene rings is 2. The molecule has 4 aromatic rings. The molecule has 0 amide bonds. The van der Waals surface area contributed by atoms with E-state index in [-0.39, 0.29) is 0 Å². The number of aliphatic imine (C=N–C) groups is 1. The molecule has 0 aliphatic heterocycles. The SMILES string of the molecule is C=N/C=C\SCNc1nc(-c2cccnc2)nc2ccc(OC)cc12.Cc1cc(F)cc(F)c1. The van der Waals surface area contributed by atoms with Crippen molar-refractivity contribution in [3.8, 4) is 17.1 Å². The van der Waals surface area contributed by atoms with E-state index in [4.69, 9.17) is 4.74 Å². The van der Waals surface area contributed by atoms with Crippen LogP contribution in [-0.2, 0) is 0 Å². The minimum absolute atomic E-state index is 0.521. The summed E-state index contributed by atoms with van der Waals surface area (Å²) in [6.07, 6.45) is 5.13. The Morgan fingerprint density at radius 2 is 1.91 bits per heavy atom. The Morgan fingerprint density at radius 1 is 1.12 bits per heavy atom. The van der Waals surface area contributed by atoms with Crippen molar-refractivity contribution in [3.05, 3.63) is 89.7 Å².